The normalized spacial score (nSPS) is 15.0. The Balaban J connectivity index is 1.47. The molecule has 1 aliphatic heterocycles. The van der Waals surface area contributed by atoms with Crippen molar-refractivity contribution >= 4 is 34.9 Å². The summed E-state index contributed by atoms with van der Waals surface area (Å²) in [6, 6.07) is 17.0. The molecule has 33 heavy (non-hydrogen) atoms. The third-order valence-electron chi connectivity index (χ3n) is 6.04. The zero-order valence-corrected chi connectivity index (χ0v) is 19.8. The molecule has 1 saturated heterocycles. The van der Waals surface area contributed by atoms with Crippen LogP contribution in [0.3, 0.4) is 0 Å². The molecule has 0 atom stereocenters. The highest BCUT2D eigenvalue weighted by atomic mass is 35.5. The van der Waals surface area contributed by atoms with Crippen molar-refractivity contribution in [1.82, 2.24) is 15.6 Å². The van der Waals surface area contributed by atoms with Crippen LogP contribution in [0.4, 0.5) is 10.5 Å². The molecule has 0 saturated carbocycles. The Morgan fingerprint density at radius 1 is 1.03 bits per heavy atom. The fourth-order valence-corrected chi connectivity index (χ4v) is 4.74. The number of urea groups is 1. The number of methoxy groups -OCH3 is 1. The third-order valence-corrected chi connectivity index (χ3v) is 6.48. The number of hydrogen-bond acceptors (Lipinski definition) is 4. The van der Waals surface area contributed by atoms with Crippen molar-refractivity contribution in [2.45, 2.75) is 18.3 Å². The average molecular weight is 485 g/mol. The van der Waals surface area contributed by atoms with E-state index in [2.05, 4.69) is 45.2 Å². The zero-order chi connectivity index (χ0) is 23.3. The van der Waals surface area contributed by atoms with Crippen molar-refractivity contribution in [2.75, 3.05) is 32.1 Å². The van der Waals surface area contributed by atoms with Gasteiger partial charge in [-0.1, -0.05) is 47.5 Å². The molecule has 2 heterocycles. The summed E-state index contributed by atoms with van der Waals surface area (Å²) >= 11 is 12.1. The zero-order valence-electron chi connectivity index (χ0n) is 18.3. The monoisotopic (exact) mass is 484 g/mol. The maximum atomic E-state index is 12.6. The minimum absolute atomic E-state index is 0.148. The van der Waals surface area contributed by atoms with Crippen molar-refractivity contribution in [3.8, 4) is 17.0 Å². The summed E-state index contributed by atoms with van der Waals surface area (Å²) in [6.07, 6.45) is 3.67. The van der Waals surface area contributed by atoms with E-state index in [9.17, 15) is 4.79 Å². The van der Waals surface area contributed by atoms with E-state index >= 15 is 0 Å². The van der Waals surface area contributed by atoms with Crippen molar-refractivity contribution in [2.24, 2.45) is 0 Å². The molecule has 0 bridgehead atoms. The second-order valence-electron chi connectivity index (χ2n) is 8.16. The quantitative estimate of drug-likeness (QED) is 0.431. The number of halogens is 2. The fourth-order valence-electron chi connectivity index (χ4n) is 4.21. The summed E-state index contributed by atoms with van der Waals surface area (Å²) in [5.41, 5.74) is 3.73. The van der Waals surface area contributed by atoms with Crippen LogP contribution < -0.4 is 20.7 Å². The van der Waals surface area contributed by atoms with Crippen LogP contribution in [-0.4, -0.2) is 37.8 Å². The number of rotatable bonds is 6. The van der Waals surface area contributed by atoms with E-state index in [1.807, 2.05) is 18.3 Å². The number of piperidine rings is 1. The number of anilines is 1. The number of carbonyl (C=O) groups is 1. The van der Waals surface area contributed by atoms with Crippen LogP contribution in [0.1, 0.15) is 18.4 Å². The van der Waals surface area contributed by atoms with Crippen LogP contribution >= 0.6 is 23.2 Å². The topological polar surface area (TPSA) is 75.3 Å². The summed E-state index contributed by atoms with van der Waals surface area (Å²) in [5.74, 6) is 0.591. The van der Waals surface area contributed by atoms with Gasteiger partial charge in [0, 0.05) is 45.5 Å². The molecule has 3 N–H and O–H groups in total. The van der Waals surface area contributed by atoms with E-state index < -0.39 is 0 Å². The van der Waals surface area contributed by atoms with Crippen LogP contribution in [0.5, 0.6) is 5.88 Å². The Morgan fingerprint density at radius 3 is 2.30 bits per heavy atom. The van der Waals surface area contributed by atoms with Gasteiger partial charge in [-0.2, -0.15) is 0 Å². The van der Waals surface area contributed by atoms with Gasteiger partial charge in [-0.05, 0) is 61.3 Å². The molecule has 2 amide bonds. The molecule has 1 aromatic heterocycles. The largest absolute Gasteiger partial charge is 0.481 e. The van der Waals surface area contributed by atoms with Crippen molar-refractivity contribution in [3.05, 3.63) is 76.4 Å². The van der Waals surface area contributed by atoms with Gasteiger partial charge in [0.15, 0.2) is 0 Å². The Hall–Kier alpha value is -2.80. The van der Waals surface area contributed by atoms with Gasteiger partial charge in [-0.3, -0.25) is 0 Å². The van der Waals surface area contributed by atoms with E-state index in [1.165, 1.54) is 5.56 Å². The lowest BCUT2D eigenvalue weighted by Crippen LogP contribution is -2.48. The fraction of sp³-hybridized carbons (Fsp3) is 0.280. The number of nitrogens with one attached hydrogen (secondary N) is 3. The minimum atomic E-state index is -0.285. The number of carbonyl (C=O) groups excluding carboxylic acids is 1. The second-order valence-corrected chi connectivity index (χ2v) is 9.04. The first kappa shape index (κ1) is 23.4. The van der Waals surface area contributed by atoms with Crippen molar-refractivity contribution in [3.63, 3.8) is 0 Å². The Labute approximate surface area is 203 Å². The molecular formula is C25H26Cl2N4O2. The van der Waals surface area contributed by atoms with Gasteiger partial charge in [0.1, 0.15) is 0 Å². The molecule has 172 valence electrons. The molecular weight excluding hydrogens is 459 g/mol. The molecule has 2 aromatic carbocycles. The SMILES string of the molecule is COc1ccc(-c2ccc(C3(CNC(=O)Nc4cc(Cl)cc(Cl)c4)CCNCC3)cc2)cn1. The molecule has 3 aromatic rings. The summed E-state index contributed by atoms with van der Waals surface area (Å²) in [6.45, 7) is 2.33. The van der Waals surface area contributed by atoms with Gasteiger partial charge >= 0.3 is 6.03 Å². The van der Waals surface area contributed by atoms with Gasteiger partial charge in [-0.15, -0.1) is 0 Å². The third kappa shape index (κ3) is 5.77. The summed E-state index contributed by atoms with van der Waals surface area (Å²) in [4.78, 5) is 16.9. The van der Waals surface area contributed by atoms with E-state index in [4.69, 9.17) is 27.9 Å². The lowest BCUT2D eigenvalue weighted by Gasteiger charge is -2.38. The molecule has 4 rings (SSSR count). The van der Waals surface area contributed by atoms with E-state index in [-0.39, 0.29) is 11.4 Å². The molecule has 0 spiro atoms. The predicted molar refractivity (Wildman–Crippen MR) is 133 cm³/mol. The van der Waals surface area contributed by atoms with Crippen molar-refractivity contribution < 1.29 is 9.53 Å². The summed E-state index contributed by atoms with van der Waals surface area (Å²) in [5, 5.41) is 10.2. The molecule has 0 unspecified atom stereocenters. The Bertz CT molecular complexity index is 1080. The number of benzene rings is 2. The van der Waals surface area contributed by atoms with Gasteiger partial charge in [-0.25, -0.2) is 9.78 Å². The Morgan fingerprint density at radius 2 is 1.70 bits per heavy atom. The minimum Gasteiger partial charge on any atom is -0.481 e. The number of pyridine rings is 1. The highest BCUT2D eigenvalue weighted by Crippen LogP contribution is 2.34. The summed E-state index contributed by atoms with van der Waals surface area (Å²) < 4.78 is 5.14. The number of aromatic nitrogens is 1. The first-order valence-electron chi connectivity index (χ1n) is 10.8. The van der Waals surface area contributed by atoms with Gasteiger partial charge in [0.2, 0.25) is 5.88 Å². The van der Waals surface area contributed by atoms with Gasteiger partial charge in [0.05, 0.1) is 7.11 Å². The highest BCUT2D eigenvalue weighted by molar-refractivity contribution is 6.35. The highest BCUT2D eigenvalue weighted by Gasteiger charge is 2.34. The molecule has 1 aliphatic rings. The van der Waals surface area contributed by atoms with E-state index in [0.29, 0.717) is 28.2 Å². The number of nitrogens with zero attached hydrogens (tertiary/aromatic N) is 1. The maximum absolute atomic E-state index is 12.6. The van der Waals surface area contributed by atoms with Gasteiger partial charge < -0.3 is 20.7 Å². The molecule has 1 fully saturated rings. The van der Waals surface area contributed by atoms with E-state index in [0.717, 1.165) is 37.1 Å². The van der Waals surface area contributed by atoms with Crippen LogP contribution in [0.25, 0.3) is 11.1 Å². The number of amides is 2. The van der Waals surface area contributed by atoms with Gasteiger partial charge in [0.25, 0.3) is 0 Å². The van der Waals surface area contributed by atoms with Crippen LogP contribution in [-0.2, 0) is 5.41 Å². The molecule has 0 radical (unpaired) electrons. The second kappa shape index (κ2) is 10.4. The van der Waals surface area contributed by atoms with Crippen LogP contribution in [0, 0.1) is 0 Å². The maximum Gasteiger partial charge on any atom is 0.319 e. The predicted octanol–water partition coefficient (Wildman–Crippen LogP) is 5.51. The lowest BCUT2D eigenvalue weighted by molar-refractivity contribution is 0.242. The number of ether oxygens (including phenoxy) is 1. The smallest absolute Gasteiger partial charge is 0.319 e. The molecule has 8 heteroatoms. The molecule has 0 aliphatic carbocycles. The summed E-state index contributed by atoms with van der Waals surface area (Å²) in [7, 11) is 1.60. The van der Waals surface area contributed by atoms with Crippen LogP contribution in [0.2, 0.25) is 10.0 Å². The van der Waals surface area contributed by atoms with Crippen molar-refractivity contribution in [1.29, 1.82) is 0 Å². The standard InChI is InChI=1S/C25H26Cl2N4O2/c1-33-23-7-4-18(15-29-23)17-2-5-19(6-3-17)25(8-10-28-11-9-25)16-30-24(32)31-22-13-20(26)12-21(27)14-22/h2-7,12-15,28H,8-11,16H2,1H3,(H2,30,31,32). The first-order valence-corrected chi connectivity index (χ1v) is 11.6. The van der Waals surface area contributed by atoms with Crippen LogP contribution in [0.15, 0.2) is 60.8 Å². The molecule has 6 nitrogen and oxygen atoms in total. The average Bonchev–Trinajstić information content (AvgIpc) is 2.83. The lowest BCUT2D eigenvalue weighted by atomic mass is 9.73. The first-order chi connectivity index (χ1) is 16.0. The Kier molecular flexibility index (Phi) is 7.38. The number of hydrogen-bond donors (Lipinski definition) is 3. The van der Waals surface area contributed by atoms with E-state index in [1.54, 1.807) is 25.3 Å².